The number of amides is 1. The molecule has 1 aliphatic heterocycles. The molecule has 1 unspecified atom stereocenters. The second kappa shape index (κ2) is 12.0. The van der Waals surface area contributed by atoms with E-state index in [1.54, 1.807) is 18.2 Å². The van der Waals surface area contributed by atoms with Gasteiger partial charge in [-0.3, -0.25) is 4.79 Å². The number of aryl methyl sites for hydroxylation is 1. The molecule has 1 aliphatic rings. The first-order valence-corrected chi connectivity index (χ1v) is 13.5. The lowest BCUT2D eigenvalue weighted by molar-refractivity contribution is -0.123. The number of ether oxygens (including phenoxy) is 1. The van der Waals surface area contributed by atoms with E-state index in [2.05, 4.69) is 4.90 Å². The summed E-state index contributed by atoms with van der Waals surface area (Å²) in [5, 5.41) is 11.3. The molecule has 3 N–H and O–H groups in total. The number of rotatable bonds is 9. The molecular weight excluding hydrogens is 511 g/mol. The number of fused-ring (bicyclic) bond motifs is 1. The number of benzene rings is 3. The van der Waals surface area contributed by atoms with Crippen LogP contribution in [0.5, 0.6) is 5.75 Å². The molecule has 0 bridgehead atoms. The number of piperidine rings is 1. The zero-order valence-corrected chi connectivity index (χ0v) is 22.4. The van der Waals surface area contributed by atoms with Crippen LogP contribution in [0.15, 0.2) is 75.9 Å². The van der Waals surface area contributed by atoms with Crippen LogP contribution in [-0.4, -0.2) is 48.3 Å². The van der Waals surface area contributed by atoms with Crippen LogP contribution in [0.25, 0.3) is 22.1 Å². The maximum Gasteiger partial charge on any atom is 0.340 e. The van der Waals surface area contributed by atoms with Gasteiger partial charge < -0.3 is 24.9 Å². The lowest BCUT2D eigenvalue weighted by Gasteiger charge is -2.31. The van der Waals surface area contributed by atoms with Crippen molar-refractivity contribution >= 4 is 16.9 Å². The number of hydrogen-bond donors (Lipinski definition) is 2. The summed E-state index contributed by atoms with van der Waals surface area (Å²) >= 11 is 0. The highest BCUT2D eigenvalue weighted by molar-refractivity contribution is 5.82. The third kappa shape index (κ3) is 6.41. The predicted molar refractivity (Wildman–Crippen MR) is 152 cm³/mol. The van der Waals surface area contributed by atoms with E-state index in [9.17, 15) is 19.1 Å². The molecule has 208 valence electrons. The fourth-order valence-corrected chi connectivity index (χ4v) is 5.27. The van der Waals surface area contributed by atoms with E-state index in [1.807, 2.05) is 43.3 Å². The van der Waals surface area contributed by atoms with E-state index in [-0.39, 0.29) is 24.2 Å². The van der Waals surface area contributed by atoms with Crippen molar-refractivity contribution in [3.8, 4) is 16.9 Å². The van der Waals surface area contributed by atoms with Crippen molar-refractivity contribution in [2.75, 3.05) is 26.2 Å². The van der Waals surface area contributed by atoms with E-state index < -0.39 is 11.7 Å². The number of β-amino-alcohol motifs (C(OH)–C–C–N with tert-alkyl or cyclic N) is 1. The van der Waals surface area contributed by atoms with Crippen LogP contribution in [0.4, 0.5) is 4.39 Å². The van der Waals surface area contributed by atoms with Gasteiger partial charge in [-0.05, 0) is 79.4 Å². The quantitative estimate of drug-likeness (QED) is 0.302. The monoisotopic (exact) mass is 544 g/mol. The Bertz CT molecular complexity index is 1540. The van der Waals surface area contributed by atoms with Gasteiger partial charge in [-0.2, -0.15) is 0 Å². The smallest absolute Gasteiger partial charge is 0.340 e. The third-order valence-electron chi connectivity index (χ3n) is 7.67. The van der Waals surface area contributed by atoms with Crippen LogP contribution >= 0.6 is 0 Å². The Morgan fingerprint density at radius 1 is 1.07 bits per heavy atom. The highest BCUT2D eigenvalue weighted by Gasteiger charge is 2.24. The zero-order valence-electron chi connectivity index (χ0n) is 22.4. The Labute approximate surface area is 232 Å². The fraction of sp³-hybridized carbons (Fsp3) is 0.312. The summed E-state index contributed by atoms with van der Waals surface area (Å²) in [6.07, 6.45) is 1.13. The molecule has 40 heavy (non-hydrogen) atoms. The van der Waals surface area contributed by atoms with Gasteiger partial charge in [0.2, 0.25) is 5.91 Å². The zero-order chi connectivity index (χ0) is 28.2. The first-order chi connectivity index (χ1) is 19.3. The number of carbonyl (C=O) groups is 1. The van der Waals surface area contributed by atoms with E-state index >= 15 is 0 Å². The van der Waals surface area contributed by atoms with Crippen molar-refractivity contribution in [2.24, 2.45) is 11.7 Å². The summed E-state index contributed by atoms with van der Waals surface area (Å²) in [5.41, 5.74) is 9.71. The van der Waals surface area contributed by atoms with Gasteiger partial charge in [0.15, 0.2) is 0 Å². The molecule has 2 heterocycles. The Morgan fingerprint density at radius 2 is 1.73 bits per heavy atom. The van der Waals surface area contributed by atoms with Crippen LogP contribution < -0.4 is 16.1 Å². The van der Waals surface area contributed by atoms with E-state index in [1.165, 1.54) is 12.1 Å². The molecule has 0 spiro atoms. The number of primary amides is 1. The number of likely N-dealkylation sites (tertiary alicyclic amines) is 1. The van der Waals surface area contributed by atoms with Crippen LogP contribution in [0.3, 0.4) is 0 Å². The van der Waals surface area contributed by atoms with Gasteiger partial charge >= 0.3 is 5.63 Å². The normalized spacial score (nSPS) is 15.3. The summed E-state index contributed by atoms with van der Waals surface area (Å²) in [5.74, 6) is -0.115. The minimum atomic E-state index is -0.702. The number of aliphatic hydroxyl groups is 1. The van der Waals surface area contributed by atoms with Crippen molar-refractivity contribution in [1.29, 1.82) is 0 Å². The van der Waals surface area contributed by atoms with Crippen molar-refractivity contribution in [1.82, 2.24) is 4.90 Å². The standard InChI is InChI=1S/C32H33FN2O5/c1-20-28-11-10-27(39-19-26(36)18-35-14-12-24(13-15-35)31(34)37)17-30(28)40-32(38)29(20)16-21-2-4-22(5-3-21)23-6-8-25(33)9-7-23/h2-11,17,24,26,36H,12-16,18-19H2,1H3,(H2,34,37). The molecule has 1 aromatic heterocycles. The molecule has 0 saturated carbocycles. The fourth-order valence-electron chi connectivity index (χ4n) is 5.27. The Morgan fingerprint density at radius 3 is 2.38 bits per heavy atom. The second-order valence-corrected chi connectivity index (χ2v) is 10.5. The molecule has 4 aromatic rings. The topological polar surface area (TPSA) is 106 Å². The van der Waals surface area contributed by atoms with Crippen LogP contribution in [0.1, 0.15) is 29.5 Å². The number of nitrogens with two attached hydrogens (primary N) is 1. The first kappa shape index (κ1) is 27.6. The van der Waals surface area contributed by atoms with Crippen molar-refractivity contribution in [3.05, 3.63) is 99.7 Å². The molecule has 1 atom stereocenters. The average molecular weight is 545 g/mol. The molecule has 1 saturated heterocycles. The van der Waals surface area contributed by atoms with Gasteiger partial charge in [0.25, 0.3) is 0 Å². The molecule has 8 heteroatoms. The van der Waals surface area contributed by atoms with Crippen LogP contribution in [0.2, 0.25) is 0 Å². The average Bonchev–Trinajstić information content (AvgIpc) is 2.95. The van der Waals surface area contributed by atoms with E-state index in [4.69, 9.17) is 14.9 Å². The molecule has 5 rings (SSSR count). The van der Waals surface area contributed by atoms with Crippen LogP contribution in [-0.2, 0) is 11.2 Å². The van der Waals surface area contributed by atoms with E-state index in [0.29, 0.717) is 55.8 Å². The minimum absolute atomic E-state index is 0.0887. The highest BCUT2D eigenvalue weighted by Crippen LogP contribution is 2.27. The Kier molecular flexibility index (Phi) is 8.28. The number of carbonyl (C=O) groups excluding carboxylic acids is 1. The maximum atomic E-state index is 13.2. The predicted octanol–water partition coefficient (Wildman–Crippen LogP) is 4.44. The third-order valence-corrected chi connectivity index (χ3v) is 7.67. The molecule has 1 amide bonds. The Balaban J connectivity index is 1.22. The van der Waals surface area contributed by atoms with Crippen LogP contribution in [0, 0.1) is 18.7 Å². The summed E-state index contributed by atoms with van der Waals surface area (Å²) in [7, 11) is 0. The molecule has 0 radical (unpaired) electrons. The SMILES string of the molecule is Cc1c(Cc2ccc(-c3ccc(F)cc3)cc2)c(=O)oc2cc(OCC(O)CN3CCC(C(N)=O)CC3)ccc12. The second-order valence-electron chi connectivity index (χ2n) is 10.5. The van der Waals surface area contributed by atoms with Gasteiger partial charge in [-0.15, -0.1) is 0 Å². The van der Waals surface area contributed by atoms with Crippen molar-refractivity contribution < 1.29 is 23.4 Å². The summed E-state index contributed by atoms with van der Waals surface area (Å²) < 4.78 is 24.7. The lowest BCUT2D eigenvalue weighted by Crippen LogP contribution is -2.43. The number of nitrogens with zero attached hydrogens (tertiary/aromatic N) is 1. The summed E-state index contributed by atoms with van der Waals surface area (Å²) in [6, 6.07) is 19.5. The van der Waals surface area contributed by atoms with Crippen molar-refractivity contribution in [2.45, 2.75) is 32.3 Å². The van der Waals surface area contributed by atoms with Gasteiger partial charge in [-0.1, -0.05) is 36.4 Å². The maximum absolute atomic E-state index is 13.2. The lowest BCUT2D eigenvalue weighted by atomic mass is 9.96. The van der Waals surface area contributed by atoms with Gasteiger partial charge in [0.05, 0.1) is 0 Å². The number of hydrogen-bond acceptors (Lipinski definition) is 6. The summed E-state index contributed by atoms with van der Waals surface area (Å²) in [4.78, 5) is 26.4. The van der Waals surface area contributed by atoms with Gasteiger partial charge in [-0.25, -0.2) is 9.18 Å². The first-order valence-electron chi connectivity index (χ1n) is 13.5. The minimum Gasteiger partial charge on any atom is -0.491 e. The van der Waals surface area contributed by atoms with E-state index in [0.717, 1.165) is 27.6 Å². The molecule has 3 aromatic carbocycles. The Hall–Kier alpha value is -4.01. The molecule has 1 fully saturated rings. The largest absolute Gasteiger partial charge is 0.491 e. The molecular formula is C32H33FN2O5. The summed E-state index contributed by atoms with van der Waals surface area (Å²) in [6.45, 7) is 3.88. The molecule has 0 aliphatic carbocycles. The highest BCUT2D eigenvalue weighted by atomic mass is 19.1. The van der Waals surface area contributed by atoms with Crippen molar-refractivity contribution in [3.63, 3.8) is 0 Å². The number of aliphatic hydroxyl groups excluding tert-OH is 1. The molecule has 7 nitrogen and oxygen atoms in total. The van der Waals surface area contributed by atoms with Gasteiger partial charge in [0, 0.05) is 35.9 Å². The number of halogens is 1. The van der Waals surface area contributed by atoms with Gasteiger partial charge in [0.1, 0.15) is 29.9 Å².